The molecule has 2 aromatic heterocycles. The predicted octanol–water partition coefficient (Wildman–Crippen LogP) is 1.32. The summed E-state index contributed by atoms with van der Waals surface area (Å²) in [5, 5.41) is 25.3. The molecule has 0 spiro atoms. The molecule has 2 aromatic rings. The number of aromatic nitrogens is 3. The van der Waals surface area contributed by atoms with Crippen molar-refractivity contribution in [3.05, 3.63) is 17.5 Å². The zero-order valence-corrected chi connectivity index (χ0v) is 21.6. The first-order valence-electron chi connectivity index (χ1n) is 11.6. The number of hydrogen-bond acceptors (Lipinski definition) is 10. The number of fused-ring (bicyclic) bond motifs is 1. The zero-order valence-electron chi connectivity index (χ0n) is 20.0. The maximum atomic E-state index is 12.1. The summed E-state index contributed by atoms with van der Waals surface area (Å²) in [6.07, 6.45) is 0.653. The molecule has 1 unspecified atom stereocenters. The summed E-state index contributed by atoms with van der Waals surface area (Å²) in [4.78, 5) is 31.2. The molecule has 1 aliphatic carbocycles. The minimum Gasteiger partial charge on any atom is -0.387 e. The fraction of sp³-hybridized carbons (Fsp3) is 0.667. The molecule has 1 amide bonds. The third kappa shape index (κ3) is 6.17. The molecule has 0 radical (unpaired) electrons. The molecule has 4 N–H and O–H groups in total. The zero-order chi connectivity index (χ0) is 26.0. The Kier molecular flexibility index (Phi) is 8.52. The predicted molar refractivity (Wildman–Crippen MR) is 130 cm³/mol. The van der Waals surface area contributed by atoms with Gasteiger partial charge in [0.15, 0.2) is 6.23 Å². The van der Waals surface area contributed by atoms with Gasteiger partial charge in [0.2, 0.25) is 11.2 Å². The number of ether oxygens (including phenoxy) is 2. The molecule has 4 rings (SSSR count). The first kappa shape index (κ1) is 27.2. The summed E-state index contributed by atoms with van der Waals surface area (Å²) in [6.45, 7) is -0.871. The fourth-order valence-electron chi connectivity index (χ4n) is 4.29. The first-order valence-corrected chi connectivity index (χ1v) is 13.8. The van der Waals surface area contributed by atoms with E-state index in [9.17, 15) is 24.5 Å². The number of carbonyl (C=O) groups excluding carboxylic acids is 1. The minimum atomic E-state index is -4.21. The van der Waals surface area contributed by atoms with Gasteiger partial charge in [0.25, 0.3) is 0 Å². The van der Waals surface area contributed by atoms with Crippen LogP contribution in [0.4, 0.5) is 5.82 Å². The van der Waals surface area contributed by atoms with Crippen LogP contribution in [0.3, 0.4) is 0 Å². The van der Waals surface area contributed by atoms with Crippen LogP contribution in [-0.4, -0.2) is 98.5 Å². The average molecular weight is 548 g/mol. The van der Waals surface area contributed by atoms with Gasteiger partial charge in [0, 0.05) is 26.3 Å². The van der Waals surface area contributed by atoms with Gasteiger partial charge in [0.1, 0.15) is 42.7 Å². The van der Waals surface area contributed by atoms with Crippen LogP contribution in [-0.2, 0) is 23.4 Å². The second-order valence-electron chi connectivity index (χ2n) is 9.17. The van der Waals surface area contributed by atoms with Crippen LogP contribution in [0, 0.1) is 0 Å². The van der Waals surface area contributed by atoms with Crippen molar-refractivity contribution in [3.63, 3.8) is 0 Å². The summed E-state index contributed by atoms with van der Waals surface area (Å²) >= 11 is 6.18. The molecule has 2 aliphatic rings. The van der Waals surface area contributed by atoms with Gasteiger partial charge in [-0.1, -0.05) is 12.8 Å². The highest BCUT2D eigenvalue weighted by Gasteiger charge is 2.44. The van der Waals surface area contributed by atoms with E-state index < -0.39 is 51.0 Å². The van der Waals surface area contributed by atoms with Crippen LogP contribution >= 0.6 is 19.2 Å². The Bertz CT molecular complexity index is 1130. The lowest BCUT2D eigenvalue weighted by Crippen LogP contribution is -2.34. The molecule has 36 heavy (non-hydrogen) atoms. The SMILES string of the molecule is CN(C)C(=O)COP(=O)(O)COC[C@H]1O[C@@H](n2ccc3c(NC4CCCC4)nc(Cl)nc32)[C@H](O)[C@@H]1O. The van der Waals surface area contributed by atoms with Crippen molar-refractivity contribution >= 4 is 42.0 Å². The van der Waals surface area contributed by atoms with Crippen molar-refractivity contribution in [1.29, 1.82) is 0 Å². The lowest BCUT2D eigenvalue weighted by Gasteiger charge is -2.18. The van der Waals surface area contributed by atoms with Gasteiger partial charge < -0.3 is 39.4 Å². The molecule has 15 heteroatoms. The van der Waals surface area contributed by atoms with Gasteiger partial charge in [-0.15, -0.1) is 0 Å². The number of likely N-dealkylation sites (N-methyl/N-ethyl adjacent to an activating group) is 1. The Hall–Kier alpha value is -1.83. The highest BCUT2D eigenvalue weighted by molar-refractivity contribution is 7.52. The number of nitrogens with zero attached hydrogens (tertiary/aromatic N) is 4. The van der Waals surface area contributed by atoms with Crippen molar-refractivity contribution in [2.45, 2.75) is 56.3 Å². The number of anilines is 1. The van der Waals surface area contributed by atoms with Gasteiger partial charge >= 0.3 is 7.60 Å². The molecular weight excluding hydrogens is 517 g/mol. The second kappa shape index (κ2) is 11.3. The average Bonchev–Trinajstić information content (AvgIpc) is 3.54. The number of carbonyl (C=O) groups is 1. The number of halogens is 1. The van der Waals surface area contributed by atoms with Crippen LogP contribution in [0.1, 0.15) is 31.9 Å². The molecule has 1 saturated carbocycles. The molecule has 0 aromatic carbocycles. The van der Waals surface area contributed by atoms with E-state index in [4.69, 9.17) is 25.6 Å². The quantitative estimate of drug-likeness (QED) is 0.250. The van der Waals surface area contributed by atoms with E-state index in [-0.39, 0.29) is 11.9 Å². The largest absolute Gasteiger partial charge is 0.387 e. The van der Waals surface area contributed by atoms with E-state index in [0.29, 0.717) is 22.9 Å². The van der Waals surface area contributed by atoms with Crippen molar-refractivity contribution in [1.82, 2.24) is 19.4 Å². The Morgan fingerprint density at radius 2 is 2.03 bits per heavy atom. The lowest BCUT2D eigenvalue weighted by atomic mass is 10.1. The third-order valence-electron chi connectivity index (χ3n) is 6.28. The Balaban J connectivity index is 1.41. The van der Waals surface area contributed by atoms with Crippen LogP contribution < -0.4 is 5.32 Å². The van der Waals surface area contributed by atoms with Crippen molar-refractivity contribution in [2.24, 2.45) is 0 Å². The first-order chi connectivity index (χ1) is 17.1. The number of nitrogens with one attached hydrogen (secondary N) is 1. The molecule has 1 saturated heterocycles. The number of aliphatic hydroxyl groups excluding tert-OH is 2. The molecule has 13 nitrogen and oxygen atoms in total. The molecule has 2 fully saturated rings. The molecule has 200 valence electrons. The minimum absolute atomic E-state index is 0.0299. The van der Waals surface area contributed by atoms with Crippen molar-refractivity contribution < 1.29 is 38.5 Å². The summed E-state index contributed by atoms with van der Waals surface area (Å²) in [5.74, 6) is 0.115. The molecule has 0 bridgehead atoms. The molecule has 1 aliphatic heterocycles. The summed E-state index contributed by atoms with van der Waals surface area (Å²) in [6, 6.07) is 2.08. The van der Waals surface area contributed by atoms with E-state index in [1.807, 2.05) is 0 Å². The smallest absolute Gasteiger partial charge is 0.354 e. The monoisotopic (exact) mass is 547 g/mol. The Labute approximate surface area is 212 Å². The maximum absolute atomic E-state index is 12.1. The third-order valence-corrected chi connectivity index (χ3v) is 7.49. The fourth-order valence-corrected chi connectivity index (χ4v) is 5.18. The second-order valence-corrected chi connectivity index (χ2v) is 11.3. The summed E-state index contributed by atoms with van der Waals surface area (Å²) in [5.41, 5.74) is 0.423. The number of rotatable bonds is 10. The van der Waals surface area contributed by atoms with Gasteiger partial charge in [0.05, 0.1) is 12.0 Å². The Morgan fingerprint density at radius 1 is 1.31 bits per heavy atom. The number of amides is 1. The highest BCUT2D eigenvalue weighted by atomic mass is 35.5. The standard InChI is InChI=1S/C21H31ClN5O8P/c1-26(2)15(28)10-34-36(31,32)11-33-9-14-16(29)17(30)20(35-14)27-8-7-13-18(23-12-5-3-4-6-12)24-21(22)25-19(13)27/h7-8,12,14,16-17,20,29-30H,3-6,9-11H2,1-2H3,(H,31,32)(H,23,24,25)/t14-,16-,17-,20-/m1/s1. The lowest BCUT2D eigenvalue weighted by molar-refractivity contribution is -0.131. The van der Waals surface area contributed by atoms with E-state index in [2.05, 4.69) is 15.3 Å². The Morgan fingerprint density at radius 3 is 2.72 bits per heavy atom. The van der Waals surface area contributed by atoms with E-state index >= 15 is 0 Å². The topological polar surface area (TPSA) is 168 Å². The van der Waals surface area contributed by atoms with Gasteiger partial charge in [-0.05, 0) is 30.5 Å². The molecule has 3 heterocycles. The van der Waals surface area contributed by atoms with Crippen LogP contribution in [0.2, 0.25) is 5.28 Å². The molecular formula is C21H31ClN5O8P. The van der Waals surface area contributed by atoms with Crippen LogP contribution in [0.5, 0.6) is 0 Å². The van der Waals surface area contributed by atoms with E-state index in [1.54, 1.807) is 16.8 Å². The highest BCUT2D eigenvalue weighted by Crippen LogP contribution is 2.42. The van der Waals surface area contributed by atoms with E-state index in [1.165, 1.54) is 19.0 Å². The maximum Gasteiger partial charge on any atom is 0.354 e. The van der Waals surface area contributed by atoms with Crippen LogP contribution in [0.15, 0.2) is 12.3 Å². The molecule has 5 atom stereocenters. The van der Waals surface area contributed by atoms with Crippen molar-refractivity contribution in [3.8, 4) is 0 Å². The summed E-state index contributed by atoms with van der Waals surface area (Å²) in [7, 11) is -1.23. The number of aliphatic hydroxyl groups is 2. The van der Waals surface area contributed by atoms with Gasteiger partial charge in [-0.3, -0.25) is 13.9 Å². The van der Waals surface area contributed by atoms with Gasteiger partial charge in [-0.2, -0.15) is 4.98 Å². The number of hydrogen-bond donors (Lipinski definition) is 4. The van der Waals surface area contributed by atoms with E-state index in [0.717, 1.165) is 25.7 Å². The normalized spacial score (nSPS) is 26.4. The summed E-state index contributed by atoms with van der Waals surface area (Å²) < 4.78 is 29.5. The van der Waals surface area contributed by atoms with Gasteiger partial charge in [-0.25, -0.2) is 4.98 Å². The van der Waals surface area contributed by atoms with Crippen molar-refractivity contribution in [2.75, 3.05) is 39.0 Å². The van der Waals surface area contributed by atoms with Crippen LogP contribution in [0.25, 0.3) is 11.0 Å².